The van der Waals surface area contributed by atoms with E-state index in [4.69, 9.17) is 4.99 Å². The third kappa shape index (κ3) is 3.95. The summed E-state index contributed by atoms with van der Waals surface area (Å²) in [5, 5.41) is 0. The second-order valence-electron chi connectivity index (χ2n) is 8.15. The fourth-order valence-electron chi connectivity index (χ4n) is 2.80. The first kappa shape index (κ1) is 18.4. The van der Waals surface area contributed by atoms with Crippen LogP contribution in [0, 0.1) is 0 Å². The van der Waals surface area contributed by atoms with Gasteiger partial charge in [-0.2, -0.15) is 4.57 Å². The molecule has 3 nitrogen and oxygen atoms in total. The van der Waals surface area contributed by atoms with Crippen molar-refractivity contribution >= 4 is 11.5 Å². The van der Waals surface area contributed by atoms with Crippen LogP contribution in [0.15, 0.2) is 41.9 Å². The lowest BCUT2D eigenvalue weighted by molar-refractivity contribution is -0.753. The Hall–Kier alpha value is -1.90. The zero-order valence-corrected chi connectivity index (χ0v) is 16.5. The predicted molar refractivity (Wildman–Crippen MR) is 102 cm³/mol. The van der Waals surface area contributed by atoms with Gasteiger partial charge in [0.05, 0.1) is 5.69 Å². The van der Waals surface area contributed by atoms with Gasteiger partial charge < -0.3 is 0 Å². The highest BCUT2D eigenvalue weighted by atomic mass is 15.2. The van der Waals surface area contributed by atoms with E-state index in [-0.39, 0.29) is 5.54 Å². The molecule has 0 amide bonds. The summed E-state index contributed by atoms with van der Waals surface area (Å²) in [7, 11) is 0. The van der Waals surface area contributed by atoms with E-state index in [1.54, 1.807) is 0 Å². The average molecular weight is 327 g/mol. The predicted octanol–water partition coefficient (Wildman–Crippen LogP) is 5.38. The zero-order chi connectivity index (χ0) is 18.1. The molecule has 0 N–H and O–H groups in total. The molecule has 0 aliphatic carbocycles. The quantitative estimate of drug-likeness (QED) is 0.410. The molecule has 0 spiro atoms. The molecule has 0 atom stereocenters. The van der Waals surface area contributed by atoms with Crippen LogP contribution in [0.4, 0.5) is 5.69 Å². The van der Waals surface area contributed by atoms with Gasteiger partial charge in [0.2, 0.25) is 6.33 Å². The van der Waals surface area contributed by atoms with Gasteiger partial charge in [0.25, 0.3) is 0 Å². The SMILES string of the molecule is CC(=Nc1c(C(C)C)cccc1C(C)C)n1cc[n+](C(C)(C)C)c1. The third-order valence-corrected chi connectivity index (χ3v) is 4.40. The number of benzene rings is 1. The Bertz CT molecular complexity index is 702. The number of hydrogen-bond donors (Lipinski definition) is 0. The first-order valence-electron chi connectivity index (χ1n) is 8.89. The summed E-state index contributed by atoms with van der Waals surface area (Å²) in [4.78, 5) is 5.03. The molecule has 0 fully saturated rings. The van der Waals surface area contributed by atoms with Crippen LogP contribution in [0.5, 0.6) is 0 Å². The number of imidazole rings is 1. The maximum absolute atomic E-state index is 5.03. The number of aromatic nitrogens is 2. The van der Waals surface area contributed by atoms with E-state index < -0.39 is 0 Å². The van der Waals surface area contributed by atoms with Crippen molar-refractivity contribution in [3.8, 4) is 0 Å². The lowest BCUT2D eigenvalue weighted by atomic mass is 9.93. The Morgan fingerprint density at radius 2 is 1.58 bits per heavy atom. The molecule has 1 aromatic carbocycles. The van der Waals surface area contributed by atoms with Crippen LogP contribution in [0.25, 0.3) is 0 Å². The van der Waals surface area contributed by atoms with Crippen molar-refractivity contribution in [2.24, 2.45) is 4.99 Å². The summed E-state index contributed by atoms with van der Waals surface area (Å²) in [6.45, 7) is 17.6. The van der Waals surface area contributed by atoms with Gasteiger partial charge in [-0.25, -0.2) is 9.56 Å². The normalized spacial score (nSPS) is 13.2. The minimum absolute atomic E-state index is 0.0739. The summed E-state index contributed by atoms with van der Waals surface area (Å²) in [5.74, 6) is 1.91. The molecule has 0 aliphatic rings. The third-order valence-electron chi connectivity index (χ3n) is 4.40. The monoisotopic (exact) mass is 326 g/mol. The summed E-state index contributed by atoms with van der Waals surface area (Å²) in [6, 6.07) is 6.56. The molecule has 0 aliphatic heterocycles. The molecule has 24 heavy (non-hydrogen) atoms. The lowest BCUT2D eigenvalue weighted by Crippen LogP contribution is -2.48. The number of nitrogens with zero attached hydrogens (tertiary/aromatic N) is 3. The van der Waals surface area contributed by atoms with E-state index in [9.17, 15) is 0 Å². The van der Waals surface area contributed by atoms with Crippen LogP contribution in [0.1, 0.15) is 78.4 Å². The molecule has 0 unspecified atom stereocenters. The molecule has 0 saturated carbocycles. The van der Waals surface area contributed by atoms with E-state index in [1.807, 2.05) is 0 Å². The molecule has 1 aromatic heterocycles. The van der Waals surface area contributed by atoms with Gasteiger partial charge in [0.1, 0.15) is 17.9 Å². The standard InChI is InChI=1S/C21H32N3/c1-15(2)18-10-9-11-19(16(3)4)20(18)22-17(5)23-12-13-24(14-23)21(6,7)8/h9-16H,1-8H3/q+1. The molecule has 1 heterocycles. The van der Waals surface area contributed by atoms with E-state index in [1.165, 1.54) is 11.1 Å². The Morgan fingerprint density at radius 3 is 2.00 bits per heavy atom. The van der Waals surface area contributed by atoms with Gasteiger partial charge in [-0.3, -0.25) is 0 Å². The highest BCUT2D eigenvalue weighted by Gasteiger charge is 2.20. The van der Waals surface area contributed by atoms with E-state index in [0.717, 1.165) is 11.5 Å². The van der Waals surface area contributed by atoms with Gasteiger partial charge in [-0.1, -0.05) is 45.9 Å². The summed E-state index contributed by atoms with van der Waals surface area (Å²) in [6.07, 6.45) is 6.31. The van der Waals surface area contributed by atoms with E-state index in [0.29, 0.717) is 11.8 Å². The minimum atomic E-state index is 0.0739. The van der Waals surface area contributed by atoms with Crippen LogP contribution >= 0.6 is 0 Å². The van der Waals surface area contributed by atoms with Crippen molar-refractivity contribution in [3.05, 3.63) is 48.0 Å². The topological polar surface area (TPSA) is 21.2 Å². The zero-order valence-electron chi connectivity index (χ0n) is 16.5. The van der Waals surface area contributed by atoms with Crippen molar-refractivity contribution in [1.29, 1.82) is 0 Å². The van der Waals surface area contributed by atoms with Crippen molar-refractivity contribution < 1.29 is 4.57 Å². The summed E-state index contributed by atoms with van der Waals surface area (Å²) in [5.41, 5.74) is 3.84. The smallest absolute Gasteiger partial charge is 0.232 e. The van der Waals surface area contributed by atoms with E-state index in [2.05, 4.69) is 101 Å². The first-order chi connectivity index (χ1) is 11.1. The fourth-order valence-corrected chi connectivity index (χ4v) is 2.80. The molecule has 2 aromatic rings. The van der Waals surface area contributed by atoms with Crippen molar-refractivity contribution in [2.45, 2.75) is 72.8 Å². The number of aliphatic imine (C=N–C) groups is 1. The minimum Gasteiger partial charge on any atom is -0.232 e. The lowest BCUT2D eigenvalue weighted by Gasteiger charge is -2.16. The van der Waals surface area contributed by atoms with Crippen LogP contribution in [-0.2, 0) is 5.54 Å². The van der Waals surface area contributed by atoms with E-state index >= 15 is 0 Å². The Kier molecular flexibility index (Phi) is 5.32. The number of para-hydroxylation sites is 1. The first-order valence-corrected chi connectivity index (χ1v) is 8.89. The van der Waals surface area contributed by atoms with Crippen molar-refractivity contribution in [1.82, 2.24) is 4.57 Å². The molecule has 0 radical (unpaired) electrons. The van der Waals surface area contributed by atoms with Crippen molar-refractivity contribution in [2.75, 3.05) is 0 Å². The van der Waals surface area contributed by atoms with Gasteiger partial charge >= 0.3 is 0 Å². The van der Waals surface area contributed by atoms with Crippen LogP contribution < -0.4 is 4.57 Å². The summed E-state index contributed by atoms with van der Waals surface area (Å²) >= 11 is 0. The molecule has 0 bridgehead atoms. The molecule has 0 saturated heterocycles. The van der Waals surface area contributed by atoms with Gasteiger partial charge in [0, 0.05) is 6.92 Å². The maximum atomic E-state index is 5.03. The largest absolute Gasteiger partial charge is 0.250 e. The molecule has 2 rings (SSSR count). The fraction of sp³-hybridized carbons (Fsp3) is 0.524. The van der Waals surface area contributed by atoms with Crippen LogP contribution in [0.2, 0.25) is 0 Å². The van der Waals surface area contributed by atoms with Crippen LogP contribution in [0.3, 0.4) is 0 Å². The molecular weight excluding hydrogens is 294 g/mol. The molecule has 3 heteroatoms. The van der Waals surface area contributed by atoms with Gasteiger partial charge in [-0.05, 0) is 43.7 Å². The number of hydrogen-bond acceptors (Lipinski definition) is 1. The second kappa shape index (κ2) is 6.92. The highest BCUT2D eigenvalue weighted by molar-refractivity contribution is 5.85. The average Bonchev–Trinajstić information content (AvgIpc) is 2.96. The molecule has 130 valence electrons. The van der Waals surface area contributed by atoms with Crippen molar-refractivity contribution in [3.63, 3.8) is 0 Å². The van der Waals surface area contributed by atoms with Gasteiger partial charge in [-0.15, -0.1) is 0 Å². The Balaban J connectivity index is 2.52. The highest BCUT2D eigenvalue weighted by Crippen LogP contribution is 2.34. The summed E-state index contributed by atoms with van der Waals surface area (Å²) < 4.78 is 4.32. The maximum Gasteiger partial charge on any atom is 0.250 e. The Labute approximate surface area is 147 Å². The number of rotatable bonds is 3. The van der Waals surface area contributed by atoms with Gasteiger partial charge in [0.15, 0.2) is 5.84 Å². The molecular formula is C21H32N3+. The van der Waals surface area contributed by atoms with Crippen LogP contribution in [-0.4, -0.2) is 10.4 Å². The Morgan fingerprint density at radius 1 is 1.04 bits per heavy atom. The second-order valence-corrected chi connectivity index (χ2v) is 8.15.